The van der Waals surface area contributed by atoms with Crippen LogP contribution in [0, 0.1) is 5.41 Å². The number of hydrogen-bond donors (Lipinski definition) is 2. The molecular weight excluding hydrogens is 208 g/mol. The first-order chi connectivity index (χ1) is 7.69. The molecule has 16 heavy (non-hydrogen) atoms. The van der Waals surface area contributed by atoms with Crippen LogP contribution in [0.2, 0.25) is 0 Å². The van der Waals surface area contributed by atoms with Crippen LogP contribution in [0.4, 0.5) is 4.79 Å². The summed E-state index contributed by atoms with van der Waals surface area (Å²) in [6.45, 7) is 1.64. The Balaban J connectivity index is 1.74. The van der Waals surface area contributed by atoms with Crippen LogP contribution in [0.5, 0.6) is 0 Å². The zero-order chi connectivity index (χ0) is 11.2. The Bertz CT molecular complexity index is 384. The van der Waals surface area contributed by atoms with Gasteiger partial charge >= 0.3 is 6.03 Å². The number of hydrogen-bond acceptors (Lipinski definition) is 3. The molecular formula is C11H14N2O3. The molecule has 2 N–H and O–H groups in total. The lowest BCUT2D eigenvalue weighted by atomic mass is 9.61. The smallest absolute Gasteiger partial charge is 0.326 e. The number of carbonyl (C=O) groups excluding carboxylic acids is 2. The van der Waals surface area contributed by atoms with Crippen molar-refractivity contribution in [3.8, 4) is 0 Å². The van der Waals surface area contributed by atoms with Gasteiger partial charge in [0.25, 0.3) is 5.91 Å². The highest BCUT2D eigenvalue weighted by Gasteiger charge is 2.44. The van der Waals surface area contributed by atoms with Crippen LogP contribution in [0.1, 0.15) is 25.7 Å². The van der Waals surface area contributed by atoms with Crippen LogP contribution < -0.4 is 10.6 Å². The monoisotopic (exact) mass is 222 g/mol. The Morgan fingerprint density at radius 2 is 1.75 bits per heavy atom. The Morgan fingerprint density at radius 3 is 2.31 bits per heavy atom. The molecule has 3 aliphatic rings. The molecule has 2 saturated heterocycles. The fourth-order valence-corrected chi connectivity index (χ4v) is 2.80. The van der Waals surface area contributed by atoms with E-state index in [0.29, 0.717) is 11.1 Å². The van der Waals surface area contributed by atoms with Gasteiger partial charge in [0.05, 0.1) is 0 Å². The largest absolute Gasteiger partial charge is 0.381 e. The molecule has 3 rings (SSSR count). The summed E-state index contributed by atoms with van der Waals surface area (Å²) in [6, 6.07) is -0.402. The third-order valence-electron chi connectivity index (χ3n) is 3.78. The minimum atomic E-state index is -0.402. The zero-order valence-electron chi connectivity index (χ0n) is 8.97. The lowest BCUT2D eigenvalue weighted by Crippen LogP contribution is -2.39. The van der Waals surface area contributed by atoms with Crippen molar-refractivity contribution in [1.29, 1.82) is 0 Å². The van der Waals surface area contributed by atoms with E-state index in [2.05, 4.69) is 10.6 Å². The van der Waals surface area contributed by atoms with Crippen LogP contribution >= 0.6 is 0 Å². The van der Waals surface area contributed by atoms with Gasteiger partial charge in [-0.15, -0.1) is 0 Å². The van der Waals surface area contributed by atoms with Gasteiger partial charge in [-0.1, -0.05) is 0 Å². The lowest BCUT2D eigenvalue weighted by Gasteiger charge is -2.46. The molecule has 0 atom stereocenters. The van der Waals surface area contributed by atoms with E-state index in [0.717, 1.165) is 44.5 Å². The molecule has 0 unspecified atom stereocenters. The van der Waals surface area contributed by atoms with E-state index in [4.69, 9.17) is 4.74 Å². The molecule has 3 fully saturated rings. The van der Waals surface area contributed by atoms with Crippen molar-refractivity contribution in [1.82, 2.24) is 10.6 Å². The van der Waals surface area contributed by atoms with E-state index < -0.39 is 6.03 Å². The van der Waals surface area contributed by atoms with Gasteiger partial charge in [-0.25, -0.2) is 4.79 Å². The molecule has 86 valence electrons. The van der Waals surface area contributed by atoms with Crippen molar-refractivity contribution in [2.45, 2.75) is 25.7 Å². The van der Waals surface area contributed by atoms with Crippen LogP contribution in [0.25, 0.3) is 0 Å². The summed E-state index contributed by atoms with van der Waals surface area (Å²) in [5.41, 5.74) is 1.92. The Kier molecular flexibility index (Phi) is 2.04. The second kappa shape index (κ2) is 3.31. The van der Waals surface area contributed by atoms with E-state index >= 15 is 0 Å². The van der Waals surface area contributed by atoms with Crippen molar-refractivity contribution < 1.29 is 14.3 Å². The maximum atomic E-state index is 11.4. The van der Waals surface area contributed by atoms with Gasteiger partial charge in [0.2, 0.25) is 0 Å². The summed E-state index contributed by atoms with van der Waals surface area (Å²) < 4.78 is 5.33. The van der Waals surface area contributed by atoms with Crippen LogP contribution in [0.15, 0.2) is 11.3 Å². The minimum absolute atomic E-state index is 0.276. The van der Waals surface area contributed by atoms with Crippen molar-refractivity contribution in [3.63, 3.8) is 0 Å². The predicted molar refractivity (Wildman–Crippen MR) is 55.4 cm³/mol. The van der Waals surface area contributed by atoms with E-state index in [1.165, 1.54) is 0 Å². The molecule has 1 aliphatic carbocycles. The highest BCUT2D eigenvalue weighted by atomic mass is 16.5. The zero-order valence-corrected chi connectivity index (χ0v) is 8.97. The van der Waals surface area contributed by atoms with E-state index in [9.17, 15) is 9.59 Å². The second-order valence-electron chi connectivity index (χ2n) is 4.85. The summed E-state index contributed by atoms with van der Waals surface area (Å²) in [5, 5.41) is 4.81. The number of nitrogens with one attached hydrogen (secondary N) is 2. The highest BCUT2D eigenvalue weighted by Crippen LogP contribution is 2.52. The fourth-order valence-electron chi connectivity index (χ4n) is 2.80. The molecule has 2 heterocycles. The molecule has 1 spiro atoms. The average molecular weight is 222 g/mol. The van der Waals surface area contributed by atoms with Gasteiger partial charge in [0, 0.05) is 13.2 Å². The molecule has 0 aromatic carbocycles. The number of allylic oxidation sites excluding steroid dienone is 1. The lowest BCUT2D eigenvalue weighted by molar-refractivity contribution is -0.115. The molecule has 5 nitrogen and oxygen atoms in total. The average Bonchev–Trinajstić information content (AvgIpc) is 2.55. The number of urea groups is 1. The molecule has 3 amide bonds. The van der Waals surface area contributed by atoms with Crippen LogP contribution in [0.3, 0.4) is 0 Å². The van der Waals surface area contributed by atoms with Gasteiger partial charge in [-0.3, -0.25) is 10.1 Å². The van der Waals surface area contributed by atoms with Gasteiger partial charge in [0.1, 0.15) is 5.70 Å². The standard InChI is InChI=1S/C11H14N2O3/c14-9-8(12-10(15)13-9)7-5-11(6-7)1-3-16-4-2-11/h1-6H2,(H2,12,13,14,15). The first-order valence-corrected chi connectivity index (χ1v) is 5.61. The summed E-state index contributed by atoms with van der Waals surface area (Å²) in [7, 11) is 0. The summed E-state index contributed by atoms with van der Waals surface area (Å²) in [4.78, 5) is 22.4. The molecule has 0 aromatic heterocycles. The maximum absolute atomic E-state index is 11.4. The van der Waals surface area contributed by atoms with Crippen molar-refractivity contribution in [3.05, 3.63) is 11.3 Å². The Hall–Kier alpha value is -1.36. The Morgan fingerprint density at radius 1 is 1.06 bits per heavy atom. The molecule has 5 heteroatoms. The van der Waals surface area contributed by atoms with Crippen molar-refractivity contribution in [2.75, 3.05) is 13.2 Å². The summed E-state index contributed by atoms with van der Waals surface area (Å²) in [6.07, 6.45) is 4.00. The van der Waals surface area contributed by atoms with Crippen molar-refractivity contribution in [2.24, 2.45) is 5.41 Å². The van der Waals surface area contributed by atoms with Gasteiger partial charge in [-0.2, -0.15) is 0 Å². The fraction of sp³-hybridized carbons (Fsp3) is 0.636. The molecule has 1 saturated carbocycles. The van der Waals surface area contributed by atoms with E-state index in [1.807, 2.05) is 0 Å². The SMILES string of the molecule is O=C1NC(=O)C(=C2CC3(CCOCC3)C2)N1. The number of carbonyl (C=O) groups is 2. The molecule has 0 radical (unpaired) electrons. The van der Waals surface area contributed by atoms with Crippen LogP contribution in [-0.4, -0.2) is 25.2 Å². The third-order valence-corrected chi connectivity index (χ3v) is 3.78. The summed E-state index contributed by atoms with van der Waals surface area (Å²) in [5.74, 6) is -0.276. The molecule has 0 aromatic rings. The highest BCUT2D eigenvalue weighted by molar-refractivity contribution is 6.12. The maximum Gasteiger partial charge on any atom is 0.326 e. The first kappa shape index (κ1) is 9.84. The molecule has 0 bridgehead atoms. The minimum Gasteiger partial charge on any atom is -0.381 e. The van der Waals surface area contributed by atoms with Crippen LogP contribution in [-0.2, 0) is 9.53 Å². The van der Waals surface area contributed by atoms with Crippen molar-refractivity contribution >= 4 is 11.9 Å². The topological polar surface area (TPSA) is 67.4 Å². The van der Waals surface area contributed by atoms with Gasteiger partial charge in [0.15, 0.2) is 0 Å². The Labute approximate surface area is 93.2 Å². The number of rotatable bonds is 0. The quantitative estimate of drug-likeness (QED) is 0.467. The normalized spacial score (nSPS) is 27.8. The first-order valence-electron chi connectivity index (χ1n) is 5.61. The second-order valence-corrected chi connectivity index (χ2v) is 4.85. The number of ether oxygens (including phenoxy) is 1. The molecule has 2 aliphatic heterocycles. The number of imide groups is 1. The summed E-state index contributed by atoms with van der Waals surface area (Å²) >= 11 is 0. The van der Waals surface area contributed by atoms with E-state index in [-0.39, 0.29) is 5.91 Å². The van der Waals surface area contributed by atoms with E-state index in [1.54, 1.807) is 0 Å². The van der Waals surface area contributed by atoms with Gasteiger partial charge in [-0.05, 0) is 36.7 Å². The number of amides is 3. The predicted octanol–water partition coefficient (Wildman–Crippen LogP) is 0.670. The van der Waals surface area contributed by atoms with Gasteiger partial charge < -0.3 is 10.1 Å². The third kappa shape index (κ3) is 1.43.